The fourth-order valence-electron chi connectivity index (χ4n) is 2.56. The van der Waals surface area contributed by atoms with Crippen LogP contribution in [0.2, 0.25) is 0 Å². The van der Waals surface area contributed by atoms with E-state index in [-0.39, 0.29) is 11.8 Å². The number of carbonyl (C=O) groups excluding carboxylic acids is 2. The van der Waals surface area contributed by atoms with Crippen LogP contribution in [0, 0.1) is 13.8 Å². The molecule has 0 fully saturated rings. The van der Waals surface area contributed by atoms with Crippen LogP contribution in [0.15, 0.2) is 35.0 Å². The van der Waals surface area contributed by atoms with E-state index in [0.717, 1.165) is 16.8 Å². The third kappa shape index (κ3) is 4.68. The molecule has 1 aromatic heterocycles. The second-order valence-electron chi connectivity index (χ2n) is 5.80. The molecule has 1 N–H and O–H groups in total. The number of hydrogen-bond donors (Lipinski definition) is 1. The molecule has 2 aromatic rings. The fraction of sp³-hybridized carbons (Fsp3) is 0.368. The van der Waals surface area contributed by atoms with Crippen molar-refractivity contribution < 1.29 is 9.59 Å². The van der Waals surface area contributed by atoms with Crippen LogP contribution >= 0.6 is 11.3 Å². The summed E-state index contributed by atoms with van der Waals surface area (Å²) in [4.78, 5) is 26.2. The summed E-state index contributed by atoms with van der Waals surface area (Å²) in [5, 5.41) is 6.55. The smallest absolute Gasteiger partial charge is 0.252 e. The molecule has 0 atom stereocenters. The maximum atomic E-state index is 12.5. The molecule has 0 aliphatic carbocycles. The minimum atomic E-state index is -0.0782. The highest BCUT2D eigenvalue weighted by atomic mass is 32.1. The molecule has 0 saturated heterocycles. The van der Waals surface area contributed by atoms with Crippen molar-refractivity contribution in [1.82, 2.24) is 5.32 Å². The summed E-state index contributed by atoms with van der Waals surface area (Å²) in [6.07, 6.45) is 1.06. The molecule has 4 nitrogen and oxygen atoms in total. The van der Waals surface area contributed by atoms with Gasteiger partial charge in [-0.1, -0.05) is 12.1 Å². The lowest BCUT2D eigenvalue weighted by molar-refractivity contribution is -0.118. The van der Waals surface area contributed by atoms with Crippen LogP contribution in [-0.2, 0) is 4.79 Å². The number of rotatable bonds is 7. The highest BCUT2D eigenvalue weighted by Gasteiger charge is 2.15. The van der Waals surface area contributed by atoms with E-state index in [4.69, 9.17) is 0 Å². The second-order valence-corrected chi connectivity index (χ2v) is 6.58. The molecule has 0 bridgehead atoms. The van der Waals surface area contributed by atoms with E-state index >= 15 is 0 Å². The number of amides is 2. The zero-order valence-corrected chi connectivity index (χ0v) is 15.3. The van der Waals surface area contributed by atoms with Crippen LogP contribution < -0.4 is 10.2 Å². The fourth-order valence-corrected chi connectivity index (χ4v) is 3.20. The molecule has 2 rings (SSSR count). The summed E-state index contributed by atoms with van der Waals surface area (Å²) in [5.41, 5.74) is 3.90. The molecule has 1 heterocycles. The molecule has 0 aliphatic heterocycles. The van der Waals surface area contributed by atoms with Crippen molar-refractivity contribution in [2.24, 2.45) is 0 Å². The number of nitrogens with zero attached hydrogens (tertiary/aromatic N) is 1. The van der Waals surface area contributed by atoms with E-state index in [0.29, 0.717) is 31.5 Å². The summed E-state index contributed by atoms with van der Waals surface area (Å²) in [6, 6.07) is 7.94. The van der Waals surface area contributed by atoms with Gasteiger partial charge in [0.05, 0.1) is 0 Å². The van der Waals surface area contributed by atoms with Gasteiger partial charge in [-0.25, -0.2) is 0 Å². The molecule has 24 heavy (non-hydrogen) atoms. The van der Waals surface area contributed by atoms with Gasteiger partial charge >= 0.3 is 0 Å². The Labute approximate surface area is 147 Å². The summed E-state index contributed by atoms with van der Waals surface area (Å²) >= 11 is 1.50. The molecule has 1 aromatic carbocycles. The number of carbonyl (C=O) groups is 2. The van der Waals surface area contributed by atoms with Gasteiger partial charge in [0, 0.05) is 36.1 Å². The summed E-state index contributed by atoms with van der Waals surface area (Å²) in [5.74, 6) is 0.0153. The Kier molecular flexibility index (Phi) is 6.55. The molecular weight excluding hydrogens is 320 g/mol. The molecule has 2 amide bonds. The van der Waals surface area contributed by atoms with Gasteiger partial charge in [-0.2, -0.15) is 11.3 Å². The van der Waals surface area contributed by atoms with E-state index < -0.39 is 0 Å². The Morgan fingerprint density at radius 2 is 2.00 bits per heavy atom. The van der Waals surface area contributed by atoms with Crippen LogP contribution in [0.25, 0.3) is 0 Å². The van der Waals surface area contributed by atoms with Crippen molar-refractivity contribution in [3.05, 3.63) is 51.7 Å². The van der Waals surface area contributed by atoms with Crippen LogP contribution in [-0.4, -0.2) is 24.9 Å². The van der Waals surface area contributed by atoms with Crippen LogP contribution in [0.4, 0.5) is 5.69 Å². The van der Waals surface area contributed by atoms with Crippen molar-refractivity contribution in [3.8, 4) is 0 Å². The molecule has 0 spiro atoms. The summed E-state index contributed by atoms with van der Waals surface area (Å²) in [6.45, 7) is 7.18. The first-order valence-corrected chi connectivity index (χ1v) is 9.15. The van der Waals surface area contributed by atoms with Crippen molar-refractivity contribution in [3.63, 3.8) is 0 Å². The largest absolute Gasteiger partial charge is 0.352 e. The normalized spacial score (nSPS) is 10.5. The Morgan fingerprint density at radius 1 is 1.21 bits per heavy atom. The first kappa shape index (κ1) is 18.2. The highest BCUT2D eigenvalue weighted by molar-refractivity contribution is 7.08. The van der Waals surface area contributed by atoms with Crippen LogP contribution in [0.5, 0.6) is 0 Å². The van der Waals surface area contributed by atoms with E-state index in [1.165, 1.54) is 11.3 Å². The lowest BCUT2D eigenvalue weighted by Crippen LogP contribution is -2.32. The van der Waals surface area contributed by atoms with E-state index in [1.54, 1.807) is 6.07 Å². The Balaban J connectivity index is 1.86. The molecule has 0 saturated carbocycles. The van der Waals surface area contributed by atoms with Gasteiger partial charge in [0.15, 0.2) is 0 Å². The molecule has 0 aliphatic rings. The third-order valence-corrected chi connectivity index (χ3v) is 4.59. The molecule has 0 radical (unpaired) electrons. The van der Waals surface area contributed by atoms with Crippen LogP contribution in [0.1, 0.15) is 41.3 Å². The zero-order chi connectivity index (χ0) is 17.5. The maximum absolute atomic E-state index is 12.5. The maximum Gasteiger partial charge on any atom is 0.252 e. The van der Waals surface area contributed by atoms with Gasteiger partial charge in [-0.3, -0.25) is 9.59 Å². The topological polar surface area (TPSA) is 49.4 Å². The predicted octanol–water partition coefficient (Wildman–Crippen LogP) is 3.93. The van der Waals surface area contributed by atoms with Gasteiger partial charge < -0.3 is 10.2 Å². The summed E-state index contributed by atoms with van der Waals surface area (Å²) in [7, 11) is 0. The number of aryl methyl sites for hydroxylation is 2. The lowest BCUT2D eigenvalue weighted by Gasteiger charge is -2.23. The minimum absolute atomic E-state index is 0.0782. The minimum Gasteiger partial charge on any atom is -0.352 e. The van der Waals surface area contributed by atoms with Crippen molar-refractivity contribution in [1.29, 1.82) is 0 Å². The quantitative estimate of drug-likeness (QED) is 0.774. The molecular formula is C19H24N2O2S. The first-order chi connectivity index (χ1) is 11.5. The van der Waals surface area contributed by atoms with E-state index in [9.17, 15) is 9.59 Å². The van der Waals surface area contributed by atoms with Gasteiger partial charge in [-0.05, 0) is 55.8 Å². The Bertz CT molecular complexity index is 695. The van der Waals surface area contributed by atoms with E-state index in [1.807, 2.05) is 42.5 Å². The van der Waals surface area contributed by atoms with Crippen molar-refractivity contribution >= 4 is 28.8 Å². The monoisotopic (exact) mass is 344 g/mol. The third-order valence-electron chi connectivity index (χ3n) is 3.91. The number of anilines is 1. The van der Waals surface area contributed by atoms with E-state index in [2.05, 4.69) is 17.4 Å². The SMILES string of the molecule is CCN(C(=O)CCCNC(=O)c1ccsc1)c1cc(C)ccc1C. The van der Waals surface area contributed by atoms with Crippen molar-refractivity contribution in [2.75, 3.05) is 18.0 Å². The first-order valence-electron chi connectivity index (χ1n) is 8.21. The van der Waals surface area contributed by atoms with Crippen molar-refractivity contribution in [2.45, 2.75) is 33.6 Å². The highest BCUT2D eigenvalue weighted by Crippen LogP contribution is 2.22. The Hall–Kier alpha value is -2.14. The number of hydrogen-bond acceptors (Lipinski definition) is 3. The van der Waals surface area contributed by atoms with Gasteiger partial charge in [0.2, 0.25) is 5.91 Å². The summed E-state index contributed by atoms with van der Waals surface area (Å²) < 4.78 is 0. The zero-order valence-electron chi connectivity index (χ0n) is 14.5. The predicted molar refractivity (Wildman–Crippen MR) is 99.8 cm³/mol. The lowest BCUT2D eigenvalue weighted by atomic mass is 10.1. The number of nitrogens with one attached hydrogen (secondary N) is 1. The van der Waals surface area contributed by atoms with Gasteiger partial charge in [0.1, 0.15) is 0 Å². The molecule has 128 valence electrons. The number of benzene rings is 1. The van der Waals surface area contributed by atoms with Gasteiger partial charge in [0.25, 0.3) is 5.91 Å². The number of thiophene rings is 1. The van der Waals surface area contributed by atoms with Gasteiger partial charge in [-0.15, -0.1) is 0 Å². The average molecular weight is 344 g/mol. The second kappa shape index (κ2) is 8.64. The Morgan fingerprint density at radius 3 is 2.67 bits per heavy atom. The molecule has 0 unspecified atom stereocenters. The standard InChI is InChI=1S/C19H24N2O2S/c1-4-21(17-12-14(2)7-8-15(17)3)18(22)6-5-10-20-19(23)16-9-11-24-13-16/h7-9,11-13H,4-6,10H2,1-3H3,(H,20,23). The van der Waals surface area contributed by atoms with Crippen LogP contribution in [0.3, 0.4) is 0 Å². The molecule has 5 heteroatoms. The average Bonchev–Trinajstić information content (AvgIpc) is 3.10.